The highest BCUT2D eigenvalue weighted by atomic mass is 79.9. The van der Waals surface area contributed by atoms with Crippen LogP contribution >= 0.6 is 15.9 Å². The molecule has 1 N–H and O–H groups in total. The van der Waals surface area contributed by atoms with E-state index in [1.807, 2.05) is 15.9 Å². The molecule has 1 heterocycles. The lowest BCUT2D eigenvalue weighted by Gasteiger charge is -2.28. The third kappa shape index (κ3) is 2.62. The van der Waals surface area contributed by atoms with Crippen LogP contribution in [0.3, 0.4) is 0 Å². The second kappa shape index (κ2) is 3.96. The highest BCUT2D eigenvalue weighted by Crippen LogP contribution is 2.32. The van der Waals surface area contributed by atoms with Crippen LogP contribution in [-0.4, -0.2) is 23.6 Å². The molecule has 72 valence electrons. The van der Waals surface area contributed by atoms with Crippen molar-refractivity contribution < 1.29 is 13.2 Å². The first-order valence-electron chi connectivity index (χ1n) is 3.96. The molecule has 0 spiro atoms. The van der Waals surface area contributed by atoms with Gasteiger partial charge in [-0.3, -0.25) is 0 Å². The van der Waals surface area contributed by atoms with E-state index < -0.39 is 17.0 Å². The van der Waals surface area contributed by atoms with E-state index in [1.54, 1.807) is 0 Å². The Hall–Kier alpha value is 0.230. The van der Waals surface area contributed by atoms with Gasteiger partial charge in [0.15, 0.2) is 6.17 Å². The summed E-state index contributed by atoms with van der Waals surface area (Å²) in [5, 5.41) is 2.74. The summed E-state index contributed by atoms with van der Waals surface area (Å²) in [6, 6.07) is -0.701. The van der Waals surface area contributed by atoms with Crippen molar-refractivity contribution in [3.05, 3.63) is 0 Å². The van der Waals surface area contributed by atoms with Gasteiger partial charge in [-0.05, 0) is 35.3 Å². The van der Waals surface area contributed by atoms with Crippen molar-refractivity contribution in [1.29, 1.82) is 0 Å². The van der Waals surface area contributed by atoms with Crippen LogP contribution in [-0.2, 0) is 0 Å². The van der Waals surface area contributed by atoms with Gasteiger partial charge in [0.2, 0.25) is 0 Å². The van der Waals surface area contributed by atoms with E-state index in [0.717, 1.165) is 12.8 Å². The minimum Gasteiger partial charge on any atom is -0.311 e. The predicted molar refractivity (Wildman–Crippen MR) is 44.4 cm³/mol. The van der Waals surface area contributed by atoms with Crippen LogP contribution in [0.2, 0.25) is 0 Å². The third-order valence-electron chi connectivity index (χ3n) is 2.01. The summed E-state index contributed by atoms with van der Waals surface area (Å²) < 4.78 is 37.7. The Kier molecular flexibility index (Phi) is 3.40. The number of piperidine rings is 1. The van der Waals surface area contributed by atoms with Crippen LogP contribution in [0, 0.1) is 0 Å². The van der Waals surface area contributed by atoms with Crippen molar-refractivity contribution in [3.8, 4) is 0 Å². The van der Waals surface area contributed by atoms with Gasteiger partial charge in [0, 0.05) is 6.04 Å². The van der Waals surface area contributed by atoms with E-state index in [0.29, 0.717) is 13.0 Å². The van der Waals surface area contributed by atoms with Gasteiger partial charge in [-0.15, -0.1) is 0 Å². The zero-order chi connectivity index (χ0) is 9.19. The summed E-state index contributed by atoms with van der Waals surface area (Å²) in [6.07, 6.45) is 0.124. The topological polar surface area (TPSA) is 12.0 Å². The number of nitrogens with one attached hydrogen (secondary N) is 1. The summed E-state index contributed by atoms with van der Waals surface area (Å²) in [4.78, 5) is -3.40. The summed E-state index contributed by atoms with van der Waals surface area (Å²) in [6.45, 7) is 0.633. The normalized spacial score (nSPS) is 28.5. The molecule has 0 aromatic carbocycles. The van der Waals surface area contributed by atoms with E-state index in [-0.39, 0.29) is 0 Å². The molecule has 5 heteroatoms. The lowest BCUT2D eigenvalue weighted by atomic mass is 10.0. The van der Waals surface area contributed by atoms with E-state index in [9.17, 15) is 13.2 Å². The molecule has 0 aromatic heterocycles. The van der Waals surface area contributed by atoms with Crippen molar-refractivity contribution >= 4 is 15.9 Å². The van der Waals surface area contributed by atoms with Gasteiger partial charge in [-0.2, -0.15) is 8.78 Å². The smallest absolute Gasteiger partial charge is 0.311 e. The van der Waals surface area contributed by atoms with E-state index in [2.05, 4.69) is 5.32 Å². The standard InChI is InChI=1S/C7H11BrF3N/c8-7(10,11)6(9)5-3-1-2-4-12-5/h5-6,12H,1-4H2. The zero-order valence-corrected chi connectivity index (χ0v) is 8.08. The molecule has 1 nitrogen and oxygen atoms in total. The lowest BCUT2D eigenvalue weighted by molar-refractivity contribution is -0.00236. The SMILES string of the molecule is FC(C1CCCCN1)C(F)(F)Br. The van der Waals surface area contributed by atoms with Crippen molar-refractivity contribution in [3.63, 3.8) is 0 Å². The van der Waals surface area contributed by atoms with Crippen molar-refractivity contribution in [1.82, 2.24) is 5.32 Å². The van der Waals surface area contributed by atoms with Gasteiger partial charge in [0.05, 0.1) is 0 Å². The summed E-state index contributed by atoms with van der Waals surface area (Å²) in [5.74, 6) is 0. The Morgan fingerprint density at radius 1 is 1.42 bits per heavy atom. The van der Waals surface area contributed by atoms with E-state index in [4.69, 9.17) is 0 Å². The van der Waals surface area contributed by atoms with Gasteiger partial charge in [-0.1, -0.05) is 6.42 Å². The number of hydrogen-bond acceptors (Lipinski definition) is 1. The Bertz CT molecular complexity index is 142. The van der Waals surface area contributed by atoms with Crippen LogP contribution in [0.25, 0.3) is 0 Å². The largest absolute Gasteiger partial charge is 0.333 e. The fraction of sp³-hybridized carbons (Fsp3) is 1.00. The second-order valence-electron chi connectivity index (χ2n) is 3.00. The molecule has 0 amide bonds. The molecule has 2 unspecified atom stereocenters. The second-order valence-corrected chi connectivity index (χ2v) is 4.06. The van der Waals surface area contributed by atoms with Crippen LogP contribution in [0.15, 0.2) is 0 Å². The molecule has 1 rings (SSSR count). The molecule has 1 aliphatic rings. The van der Waals surface area contributed by atoms with Gasteiger partial charge < -0.3 is 5.32 Å². The first-order valence-corrected chi connectivity index (χ1v) is 4.75. The number of hydrogen-bond donors (Lipinski definition) is 1. The lowest BCUT2D eigenvalue weighted by Crippen LogP contribution is -2.47. The predicted octanol–water partition coefficient (Wildman–Crippen LogP) is 2.45. The summed E-state index contributed by atoms with van der Waals surface area (Å²) in [5.41, 5.74) is 0. The van der Waals surface area contributed by atoms with Crippen LogP contribution in [0.4, 0.5) is 13.2 Å². The molecule has 1 fully saturated rings. The van der Waals surface area contributed by atoms with Gasteiger partial charge in [-0.25, -0.2) is 4.39 Å². The third-order valence-corrected chi connectivity index (χ3v) is 2.45. The maximum absolute atomic E-state index is 12.9. The molecule has 1 aliphatic heterocycles. The molecule has 2 atom stereocenters. The molecule has 0 saturated carbocycles. The van der Waals surface area contributed by atoms with Crippen LogP contribution in [0.1, 0.15) is 19.3 Å². The summed E-state index contributed by atoms with van der Waals surface area (Å²) in [7, 11) is 0. The highest BCUT2D eigenvalue weighted by Gasteiger charge is 2.42. The monoisotopic (exact) mass is 245 g/mol. The Balaban J connectivity index is 2.45. The highest BCUT2D eigenvalue weighted by molar-refractivity contribution is 9.10. The molecular formula is C7H11BrF3N. The van der Waals surface area contributed by atoms with Crippen LogP contribution in [0.5, 0.6) is 0 Å². The molecule has 0 aliphatic carbocycles. The maximum Gasteiger partial charge on any atom is 0.333 e. The Morgan fingerprint density at radius 2 is 2.08 bits per heavy atom. The number of rotatable bonds is 2. The number of alkyl halides is 4. The first-order chi connectivity index (χ1) is 5.52. The Morgan fingerprint density at radius 3 is 2.50 bits per heavy atom. The average molecular weight is 246 g/mol. The van der Waals surface area contributed by atoms with Gasteiger partial charge in [0.1, 0.15) is 0 Å². The molecule has 12 heavy (non-hydrogen) atoms. The number of halogens is 4. The van der Waals surface area contributed by atoms with Crippen molar-refractivity contribution in [2.75, 3.05) is 6.54 Å². The minimum absolute atomic E-state index is 0.488. The fourth-order valence-electron chi connectivity index (χ4n) is 1.36. The average Bonchev–Trinajstić information content (AvgIpc) is 2.03. The Labute approximate surface area is 77.8 Å². The molecule has 0 aromatic rings. The van der Waals surface area contributed by atoms with E-state index >= 15 is 0 Å². The quantitative estimate of drug-likeness (QED) is 0.738. The molecular weight excluding hydrogens is 235 g/mol. The summed E-state index contributed by atoms with van der Waals surface area (Å²) >= 11 is 2.03. The molecule has 0 bridgehead atoms. The van der Waals surface area contributed by atoms with Gasteiger partial charge in [0.25, 0.3) is 0 Å². The zero-order valence-electron chi connectivity index (χ0n) is 6.49. The molecule has 0 radical (unpaired) electrons. The minimum atomic E-state index is -3.40. The van der Waals surface area contributed by atoms with Crippen molar-refractivity contribution in [2.24, 2.45) is 0 Å². The fourth-order valence-corrected chi connectivity index (χ4v) is 1.68. The van der Waals surface area contributed by atoms with Gasteiger partial charge >= 0.3 is 4.83 Å². The van der Waals surface area contributed by atoms with Crippen molar-refractivity contribution in [2.45, 2.75) is 36.3 Å². The van der Waals surface area contributed by atoms with Crippen LogP contribution < -0.4 is 5.32 Å². The van der Waals surface area contributed by atoms with E-state index in [1.165, 1.54) is 0 Å². The maximum atomic E-state index is 12.9. The first kappa shape index (κ1) is 10.3. The molecule has 1 saturated heterocycles.